The van der Waals surface area contributed by atoms with Crippen molar-refractivity contribution in [3.63, 3.8) is 0 Å². The van der Waals surface area contributed by atoms with Crippen molar-refractivity contribution in [1.82, 2.24) is 14.9 Å². The lowest BCUT2D eigenvalue weighted by atomic mass is 10.1. The van der Waals surface area contributed by atoms with E-state index in [4.69, 9.17) is 16.0 Å². The van der Waals surface area contributed by atoms with Crippen molar-refractivity contribution in [3.8, 4) is 0 Å². The molecule has 0 aliphatic carbocycles. The second-order valence-electron chi connectivity index (χ2n) is 7.02. The fraction of sp³-hybridized carbons (Fsp3) is 0.174. The molecule has 1 amide bonds. The first-order valence-electron chi connectivity index (χ1n) is 9.68. The van der Waals surface area contributed by atoms with E-state index in [-0.39, 0.29) is 23.8 Å². The molecular formula is C23H20ClN3O3S. The second kappa shape index (κ2) is 9.41. The van der Waals surface area contributed by atoms with Crippen LogP contribution < -0.4 is 10.9 Å². The van der Waals surface area contributed by atoms with Gasteiger partial charge in [-0.05, 0) is 48.4 Å². The van der Waals surface area contributed by atoms with E-state index in [2.05, 4.69) is 10.3 Å². The number of aryl methyl sites for hydroxylation is 1. The summed E-state index contributed by atoms with van der Waals surface area (Å²) in [7, 11) is 0. The third-order valence-electron chi connectivity index (χ3n) is 4.85. The Morgan fingerprint density at radius 3 is 2.81 bits per heavy atom. The Hall–Kier alpha value is -3.03. The second-order valence-corrected chi connectivity index (χ2v) is 8.40. The zero-order valence-electron chi connectivity index (χ0n) is 16.8. The van der Waals surface area contributed by atoms with Crippen LogP contribution in [0.3, 0.4) is 0 Å². The van der Waals surface area contributed by atoms with Gasteiger partial charge in [0.05, 0.1) is 29.5 Å². The minimum atomic E-state index is -0.208. The first-order chi connectivity index (χ1) is 15.0. The van der Waals surface area contributed by atoms with Crippen LogP contribution in [0.2, 0.25) is 5.02 Å². The highest BCUT2D eigenvalue weighted by Crippen LogP contribution is 2.21. The first kappa shape index (κ1) is 21.2. The van der Waals surface area contributed by atoms with Crippen LogP contribution in [-0.4, -0.2) is 21.2 Å². The van der Waals surface area contributed by atoms with E-state index >= 15 is 0 Å². The van der Waals surface area contributed by atoms with E-state index in [9.17, 15) is 9.59 Å². The van der Waals surface area contributed by atoms with E-state index in [0.29, 0.717) is 33.4 Å². The predicted octanol–water partition coefficient (Wildman–Crippen LogP) is 4.41. The summed E-state index contributed by atoms with van der Waals surface area (Å²) < 4.78 is 6.93. The summed E-state index contributed by atoms with van der Waals surface area (Å²) in [6.07, 6.45) is 1.56. The standard InChI is InChI=1S/C23H20ClN3O3S/c1-15-5-2-3-6-16(15)12-25-21(28)14-31-23-26-20-11-17(24)8-9-19(20)22(29)27(23)13-18-7-4-10-30-18/h2-11H,12-14H2,1H3,(H,25,28). The molecule has 158 valence electrons. The number of rotatable bonds is 7. The molecule has 0 saturated carbocycles. The van der Waals surface area contributed by atoms with Crippen LogP contribution in [0.25, 0.3) is 10.9 Å². The first-order valence-corrected chi connectivity index (χ1v) is 11.0. The number of furan rings is 1. The smallest absolute Gasteiger partial charge is 0.262 e. The molecule has 0 atom stereocenters. The summed E-state index contributed by atoms with van der Waals surface area (Å²) in [5, 5.41) is 4.31. The molecule has 31 heavy (non-hydrogen) atoms. The Balaban J connectivity index is 1.55. The van der Waals surface area contributed by atoms with Gasteiger partial charge in [-0.3, -0.25) is 14.2 Å². The Labute approximate surface area is 188 Å². The van der Waals surface area contributed by atoms with Gasteiger partial charge in [0.2, 0.25) is 5.91 Å². The third-order valence-corrected chi connectivity index (χ3v) is 6.06. The van der Waals surface area contributed by atoms with E-state index in [1.54, 1.807) is 36.6 Å². The topological polar surface area (TPSA) is 77.1 Å². The minimum absolute atomic E-state index is 0.128. The van der Waals surface area contributed by atoms with Gasteiger partial charge in [-0.1, -0.05) is 47.6 Å². The van der Waals surface area contributed by atoms with Crippen molar-refractivity contribution < 1.29 is 9.21 Å². The lowest BCUT2D eigenvalue weighted by Crippen LogP contribution is -2.27. The Morgan fingerprint density at radius 1 is 1.19 bits per heavy atom. The van der Waals surface area contributed by atoms with Crippen molar-refractivity contribution >= 4 is 40.2 Å². The molecule has 0 spiro atoms. The molecule has 1 N–H and O–H groups in total. The number of halogens is 1. The van der Waals surface area contributed by atoms with Crippen molar-refractivity contribution in [2.75, 3.05) is 5.75 Å². The van der Waals surface area contributed by atoms with Crippen LogP contribution in [0.15, 0.2) is 75.2 Å². The van der Waals surface area contributed by atoms with Gasteiger partial charge in [0.1, 0.15) is 5.76 Å². The minimum Gasteiger partial charge on any atom is -0.467 e. The molecule has 0 saturated heterocycles. The van der Waals surface area contributed by atoms with Gasteiger partial charge in [0.25, 0.3) is 5.56 Å². The SMILES string of the molecule is Cc1ccccc1CNC(=O)CSc1nc2cc(Cl)ccc2c(=O)n1Cc1ccco1. The largest absolute Gasteiger partial charge is 0.467 e. The maximum absolute atomic E-state index is 13.1. The van der Waals surface area contributed by atoms with Crippen LogP contribution in [0.4, 0.5) is 0 Å². The summed E-state index contributed by atoms with van der Waals surface area (Å²) in [6.45, 7) is 2.68. The zero-order chi connectivity index (χ0) is 21.8. The normalized spacial score (nSPS) is 11.0. The predicted molar refractivity (Wildman–Crippen MR) is 123 cm³/mol. The monoisotopic (exact) mass is 453 g/mol. The molecule has 4 rings (SSSR count). The molecule has 2 heterocycles. The third kappa shape index (κ3) is 5.00. The van der Waals surface area contributed by atoms with Crippen molar-refractivity contribution in [1.29, 1.82) is 0 Å². The molecule has 8 heteroatoms. The van der Waals surface area contributed by atoms with Gasteiger partial charge in [-0.25, -0.2) is 4.98 Å². The number of nitrogens with one attached hydrogen (secondary N) is 1. The average Bonchev–Trinajstić information content (AvgIpc) is 3.27. The molecule has 2 aromatic carbocycles. The number of carbonyl (C=O) groups is 1. The number of hydrogen-bond donors (Lipinski definition) is 1. The van der Waals surface area contributed by atoms with E-state index in [1.807, 2.05) is 31.2 Å². The number of amides is 1. The Kier molecular flexibility index (Phi) is 6.44. The zero-order valence-corrected chi connectivity index (χ0v) is 18.4. The molecule has 6 nitrogen and oxygen atoms in total. The molecule has 0 aliphatic rings. The fourth-order valence-electron chi connectivity index (χ4n) is 3.17. The maximum Gasteiger partial charge on any atom is 0.262 e. The molecule has 0 aliphatic heterocycles. The highest BCUT2D eigenvalue weighted by molar-refractivity contribution is 7.99. The molecule has 0 fully saturated rings. The van der Waals surface area contributed by atoms with E-state index in [1.165, 1.54) is 16.3 Å². The summed E-state index contributed by atoms with van der Waals surface area (Å²) in [5.74, 6) is 0.615. The number of hydrogen-bond acceptors (Lipinski definition) is 5. The fourth-order valence-corrected chi connectivity index (χ4v) is 4.16. The molecule has 0 bridgehead atoms. The number of carbonyl (C=O) groups excluding carboxylic acids is 1. The summed E-state index contributed by atoms with van der Waals surface area (Å²) >= 11 is 7.29. The van der Waals surface area contributed by atoms with Gasteiger partial charge < -0.3 is 9.73 Å². The van der Waals surface area contributed by atoms with Gasteiger partial charge in [0.15, 0.2) is 5.16 Å². The number of aromatic nitrogens is 2. The Bertz CT molecular complexity index is 1290. The van der Waals surface area contributed by atoms with Crippen LogP contribution >= 0.6 is 23.4 Å². The van der Waals surface area contributed by atoms with Gasteiger partial charge >= 0.3 is 0 Å². The lowest BCUT2D eigenvalue weighted by Gasteiger charge is -2.12. The van der Waals surface area contributed by atoms with Crippen molar-refractivity contribution in [3.05, 3.63) is 93.1 Å². The molecule has 0 unspecified atom stereocenters. The maximum atomic E-state index is 13.1. The molecular weight excluding hydrogens is 434 g/mol. The van der Waals surface area contributed by atoms with Crippen LogP contribution in [-0.2, 0) is 17.9 Å². The van der Waals surface area contributed by atoms with E-state index < -0.39 is 0 Å². The number of benzene rings is 2. The molecule has 0 radical (unpaired) electrons. The number of fused-ring (bicyclic) bond motifs is 1. The van der Waals surface area contributed by atoms with Crippen LogP contribution in [0.1, 0.15) is 16.9 Å². The highest BCUT2D eigenvalue weighted by atomic mass is 35.5. The quantitative estimate of drug-likeness (QED) is 0.331. The summed E-state index contributed by atoms with van der Waals surface area (Å²) in [6, 6.07) is 16.4. The highest BCUT2D eigenvalue weighted by Gasteiger charge is 2.15. The van der Waals surface area contributed by atoms with Crippen molar-refractivity contribution in [2.24, 2.45) is 0 Å². The van der Waals surface area contributed by atoms with Crippen LogP contribution in [0, 0.1) is 6.92 Å². The van der Waals surface area contributed by atoms with Gasteiger partial charge in [0, 0.05) is 11.6 Å². The number of nitrogens with zero attached hydrogens (tertiary/aromatic N) is 2. The number of thioether (sulfide) groups is 1. The summed E-state index contributed by atoms with van der Waals surface area (Å²) in [4.78, 5) is 30.2. The average molecular weight is 454 g/mol. The molecule has 2 aromatic heterocycles. The van der Waals surface area contributed by atoms with E-state index in [0.717, 1.165) is 11.1 Å². The molecule has 4 aromatic rings. The van der Waals surface area contributed by atoms with Crippen LogP contribution in [0.5, 0.6) is 0 Å². The Morgan fingerprint density at radius 2 is 2.03 bits per heavy atom. The van der Waals surface area contributed by atoms with Gasteiger partial charge in [-0.2, -0.15) is 0 Å². The van der Waals surface area contributed by atoms with Crippen molar-refractivity contribution in [2.45, 2.75) is 25.2 Å². The summed E-state index contributed by atoms with van der Waals surface area (Å²) in [5.41, 5.74) is 2.47. The lowest BCUT2D eigenvalue weighted by molar-refractivity contribution is -0.118. The van der Waals surface area contributed by atoms with Gasteiger partial charge in [-0.15, -0.1) is 0 Å².